The molecular formula is C9H18ClN3O3S. The molecule has 0 N–H and O–H groups in total. The Kier molecular flexibility index (Phi) is 5.18. The molecule has 0 bridgehead atoms. The molecule has 17 heavy (non-hydrogen) atoms. The number of piperazine rings is 1. The number of carbonyl (C=O) groups is 1. The molecule has 8 heteroatoms. The van der Waals surface area contributed by atoms with Gasteiger partial charge in [-0.2, -0.15) is 4.31 Å². The molecule has 1 aliphatic rings. The normalized spacial score (nSPS) is 18.7. The Morgan fingerprint density at radius 3 is 2.18 bits per heavy atom. The topological polar surface area (TPSA) is 60.9 Å². The molecule has 1 amide bonds. The molecule has 0 aromatic carbocycles. The minimum Gasteiger partial charge on any atom is -0.339 e. The Bertz CT molecular complexity index is 364. The molecule has 1 aliphatic heterocycles. The van der Waals surface area contributed by atoms with Gasteiger partial charge in [-0.05, 0) is 14.1 Å². The van der Waals surface area contributed by atoms with Gasteiger partial charge >= 0.3 is 0 Å². The second-order valence-corrected chi connectivity index (χ2v) is 6.79. The molecule has 0 atom stereocenters. The third-order valence-electron chi connectivity index (χ3n) is 2.57. The lowest BCUT2D eigenvalue weighted by molar-refractivity contribution is -0.133. The maximum atomic E-state index is 11.7. The summed E-state index contributed by atoms with van der Waals surface area (Å²) < 4.78 is 24.3. The van der Waals surface area contributed by atoms with Crippen LogP contribution >= 0.6 is 11.6 Å². The molecule has 0 saturated carbocycles. The molecule has 0 unspecified atom stereocenters. The Balaban J connectivity index is 2.49. The fourth-order valence-corrected chi connectivity index (χ4v) is 2.93. The lowest BCUT2D eigenvalue weighted by Gasteiger charge is -2.34. The average Bonchev–Trinajstić information content (AvgIpc) is 2.28. The molecule has 1 heterocycles. The quantitative estimate of drug-likeness (QED) is 0.635. The van der Waals surface area contributed by atoms with Crippen molar-refractivity contribution in [1.29, 1.82) is 0 Å². The van der Waals surface area contributed by atoms with Gasteiger partial charge in [0.05, 0.1) is 6.54 Å². The van der Waals surface area contributed by atoms with Crippen LogP contribution in [0.3, 0.4) is 0 Å². The van der Waals surface area contributed by atoms with Gasteiger partial charge in [0.1, 0.15) is 5.21 Å². The number of likely N-dealkylation sites (N-methyl/N-ethyl adjacent to an activating group) is 1. The van der Waals surface area contributed by atoms with Crippen LogP contribution in [0, 0.1) is 0 Å². The van der Waals surface area contributed by atoms with E-state index in [1.807, 2.05) is 14.1 Å². The number of rotatable bonds is 4. The van der Waals surface area contributed by atoms with Crippen molar-refractivity contribution < 1.29 is 13.2 Å². The van der Waals surface area contributed by atoms with Crippen LogP contribution < -0.4 is 0 Å². The molecule has 1 fully saturated rings. The first kappa shape index (κ1) is 14.7. The van der Waals surface area contributed by atoms with Crippen molar-refractivity contribution in [3.63, 3.8) is 0 Å². The number of amides is 1. The average molecular weight is 284 g/mol. The van der Waals surface area contributed by atoms with Gasteiger partial charge in [0.25, 0.3) is 0 Å². The van der Waals surface area contributed by atoms with Crippen molar-refractivity contribution in [2.45, 2.75) is 0 Å². The standard InChI is InChI=1S/C9H18ClN3O3S/c1-11(2)7-9(14)12-3-5-13(6-4-12)17(15,16)8-10/h3-8H2,1-2H3. The summed E-state index contributed by atoms with van der Waals surface area (Å²) in [5.41, 5.74) is 0. The van der Waals surface area contributed by atoms with Gasteiger partial charge in [-0.15, -0.1) is 11.6 Å². The largest absolute Gasteiger partial charge is 0.339 e. The van der Waals surface area contributed by atoms with E-state index >= 15 is 0 Å². The highest BCUT2D eigenvalue weighted by Crippen LogP contribution is 2.09. The zero-order chi connectivity index (χ0) is 13.1. The second kappa shape index (κ2) is 5.99. The fourth-order valence-electron chi connectivity index (χ4n) is 1.66. The van der Waals surface area contributed by atoms with E-state index in [1.165, 1.54) is 4.31 Å². The Morgan fingerprint density at radius 1 is 1.24 bits per heavy atom. The molecule has 0 aromatic heterocycles. The van der Waals surface area contributed by atoms with Crippen LogP contribution in [0.1, 0.15) is 0 Å². The van der Waals surface area contributed by atoms with Crippen molar-refractivity contribution in [2.24, 2.45) is 0 Å². The summed E-state index contributed by atoms with van der Waals surface area (Å²) in [5, 5.41) is -0.404. The molecular weight excluding hydrogens is 266 g/mol. The van der Waals surface area contributed by atoms with Crippen LogP contribution in [0.5, 0.6) is 0 Å². The lowest BCUT2D eigenvalue weighted by atomic mass is 10.3. The first-order chi connectivity index (χ1) is 7.86. The minimum atomic E-state index is -3.34. The van der Waals surface area contributed by atoms with E-state index in [2.05, 4.69) is 0 Å². The van der Waals surface area contributed by atoms with Crippen LogP contribution in [0.2, 0.25) is 0 Å². The van der Waals surface area contributed by atoms with Crippen molar-refractivity contribution in [2.75, 3.05) is 52.0 Å². The van der Waals surface area contributed by atoms with E-state index in [4.69, 9.17) is 11.6 Å². The van der Waals surface area contributed by atoms with Gasteiger partial charge in [-0.3, -0.25) is 4.79 Å². The second-order valence-electron chi connectivity index (χ2n) is 4.24. The first-order valence-electron chi connectivity index (χ1n) is 5.33. The number of nitrogens with zero attached hydrogens (tertiary/aromatic N) is 3. The predicted octanol–water partition coefficient (Wildman–Crippen LogP) is -0.782. The smallest absolute Gasteiger partial charge is 0.236 e. The van der Waals surface area contributed by atoms with E-state index in [9.17, 15) is 13.2 Å². The summed E-state index contributed by atoms with van der Waals surface area (Å²) in [6.45, 7) is 1.87. The summed E-state index contributed by atoms with van der Waals surface area (Å²) in [7, 11) is 0.308. The van der Waals surface area contributed by atoms with E-state index in [0.717, 1.165) is 0 Å². The molecule has 0 spiro atoms. The van der Waals surface area contributed by atoms with Crippen LogP contribution in [0.15, 0.2) is 0 Å². The van der Waals surface area contributed by atoms with Gasteiger partial charge in [0, 0.05) is 26.2 Å². The zero-order valence-corrected chi connectivity index (χ0v) is 11.7. The van der Waals surface area contributed by atoms with Gasteiger partial charge in [-0.1, -0.05) is 0 Å². The minimum absolute atomic E-state index is 0.0259. The molecule has 6 nitrogen and oxygen atoms in total. The van der Waals surface area contributed by atoms with Gasteiger partial charge in [0.15, 0.2) is 0 Å². The molecule has 0 aromatic rings. The maximum absolute atomic E-state index is 11.7. The van der Waals surface area contributed by atoms with Crippen LogP contribution in [-0.2, 0) is 14.8 Å². The predicted molar refractivity (Wildman–Crippen MR) is 66.3 cm³/mol. The van der Waals surface area contributed by atoms with Crippen LogP contribution in [0.25, 0.3) is 0 Å². The van der Waals surface area contributed by atoms with Crippen molar-refractivity contribution in [1.82, 2.24) is 14.1 Å². The summed E-state index contributed by atoms with van der Waals surface area (Å²) >= 11 is 5.38. The summed E-state index contributed by atoms with van der Waals surface area (Å²) in [4.78, 5) is 15.2. The highest BCUT2D eigenvalue weighted by atomic mass is 35.5. The SMILES string of the molecule is CN(C)CC(=O)N1CCN(S(=O)(=O)CCl)CC1. The van der Waals surface area contributed by atoms with E-state index in [-0.39, 0.29) is 5.91 Å². The van der Waals surface area contributed by atoms with Gasteiger partial charge in [0.2, 0.25) is 15.9 Å². The monoisotopic (exact) mass is 283 g/mol. The van der Waals surface area contributed by atoms with Crippen LogP contribution in [-0.4, -0.2) is 80.5 Å². The van der Waals surface area contributed by atoms with Gasteiger partial charge < -0.3 is 9.80 Å². The summed E-state index contributed by atoms with van der Waals surface area (Å²) in [6.07, 6.45) is 0. The number of halogens is 1. The number of sulfonamides is 1. The highest BCUT2D eigenvalue weighted by molar-refractivity contribution is 7.90. The summed E-state index contributed by atoms with van der Waals surface area (Å²) in [6, 6.07) is 0. The lowest BCUT2D eigenvalue weighted by Crippen LogP contribution is -2.52. The van der Waals surface area contributed by atoms with Crippen molar-refractivity contribution >= 4 is 27.5 Å². The highest BCUT2D eigenvalue weighted by Gasteiger charge is 2.27. The van der Waals surface area contributed by atoms with E-state index in [1.54, 1.807) is 9.80 Å². The third-order valence-corrected chi connectivity index (χ3v) is 4.83. The maximum Gasteiger partial charge on any atom is 0.236 e. The number of carbonyl (C=O) groups excluding carboxylic acids is 1. The Labute approximate surface area is 107 Å². The van der Waals surface area contributed by atoms with E-state index in [0.29, 0.717) is 32.7 Å². The Morgan fingerprint density at radius 2 is 1.76 bits per heavy atom. The van der Waals surface area contributed by atoms with Crippen molar-refractivity contribution in [3.05, 3.63) is 0 Å². The Hall–Kier alpha value is -0.370. The van der Waals surface area contributed by atoms with Gasteiger partial charge in [-0.25, -0.2) is 8.42 Å². The van der Waals surface area contributed by atoms with Crippen molar-refractivity contribution in [3.8, 4) is 0 Å². The fraction of sp³-hybridized carbons (Fsp3) is 0.889. The first-order valence-corrected chi connectivity index (χ1v) is 7.47. The molecule has 0 radical (unpaired) electrons. The summed E-state index contributed by atoms with van der Waals surface area (Å²) in [5.74, 6) is 0.0259. The molecule has 1 saturated heterocycles. The van der Waals surface area contributed by atoms with E-state index < -0.39 is 15.2 Å². The third kappa shape index (κ3) is 4.09. The molecule has 100 valence electrons. The number of hydrogen-bond acceptors (Lipinski definition) is 4. The number of hydrogen-bond donors (Lipinski definition) is 0. The molecule has 0 aliphatic carbocycles. The molecule has 1 rings (SSSR count). The zero-order valence-electron chi connectivity index (χ0n) is 10.1. The van der Waals surface area contributed by atoms with Crippen LogP contribution in [0.4, 0.5) is 0 Å². The number of alkyl halides is 1.